The molecule has 1 aromatic rings. The molecular weight excluding hydrogens is 364 g/mol. The Morgan fingerprint density at radius 1 is 1.23 bits per heavy atom. The van der Waals surface area contributed by atoms with Crippen LogP contribution in [0.15, 0.2) is 23.1 Å². The molecule has 0 unspecified atom stereocenters. The molecule has 0 heterocycles. The predicted molar refractivity (Wildman–Crippen MR) is 79.8 cm³/mol. The average Bonchev–Trinajstić information content (AvgIpc) is 2.32. The van der Waals surface area contributed by atoms with Crippen LogP contribution in [-0.4, -0.2) is 46.2 Å². The van der Waals surface area contributed by atoms with E-state index in [0.29, 0.717) is 0 Å². The molecule has 4 nitrogen and oxygen atoms in total. The van der Waals surface area contributed by atoms with Gasteiger partial charge in [0.1, 0.15) is 4.90 Å². The molecule has 0 fully saturated rings. The first-order valence-electron chi connectivity index (χ1n) is 6.22. The maximum atomic E-state index is 12.1. The standard InChI is InChI=1S/C12H15Cl2F3N2O2S/c1-19(8-12(15,16)17)7-3-6-18-22(20,21)11-9(13)4-2-5-10(11)14/h2,4-5,18H,3,6-8H2,1H3. The Balaban J connectivity index is 2.54. The second-order valence-electron chi connectivity index (χ2n) is 4.66. The molecule has 0 aromatic heterocycles. The van der Waals surface area contributed by atoms with E-state index in [4.69, 9.17) is 23.2 Å². The molecular formula is C12H15Cl2F3N2O2S. The van der Waals surface area contributed by atoms with Gasteiger partial charge < -0.3 is 0 Å². The third kappa shape index (κ3) is 6.29. The number of hydrogen-bond acceptors (Lipinski definition) is 3. The normalized spacial score (nSPS) is 12.9. The number of sulfonamides is 1. The van der Waals surface area contributed by atoms with Gasteiger partial charge in [-0.3, -0.25) is 4.90 Å². The van der Waals surface area contributed by atoms with Crippen LogP contribution in [0, 0.1) is 0 Å². The minimum atomic E-state index is -4.28. The molecule has 0 atom stereocenters. The van der Waals surface area contributed by atoms with Gasteiger partial charge >= 0.3 is 6.18 Å². The summed E-state index contributed by atoms with van der Waals surface area (Å²) in [5.41, 5.74) is 0. The van der Waals surface area contributed by atoms with Crippen LogP contribution in [-0.2, 0) is 10.0 Å². The third-order valence-corrected chi connectivity index (χ3v) is 5.06. The van der Waals surface area contributed by atoms with Crippen molar-refractivity contribution in [2.24, 2.45) is 0 Å². The van der Waals surface area contributed by atoms with E-state index in [9.17, 15) is 21.6 Å². The van der Waals surface area contributed by atoms with Crippen LogP contribution in [0.1, 0.15) is 6.42 Å². The zero-order valence-corrected chi connectivity index (χ0v) is 14.0. The first-order chi connectivity index (χ1) is 10.0. The highest BCUT2D eigenvalue weighted by atomic mass is 35.5. The fourth-order valence-corrected chi connectivity index (χ4v) is 3.97. The SMILES string of the molecule is CN(CCCNS(=O)(=O)c1c(Cl)cccc1Cl)CC(F)(F)F. The maximum Gasteiger partial charge on any atom is 0.401 e. The lowest BCUT2D eigenvalue weighted by Crippen LogP contribution is -2.34. The Bertz CT molecular complexity index is 589. The number of benzene rings is 1. The lowest BCUT2D eigenvalue weighted by atomic mass is 10.4. The zero-order valence-electron chi connectivity index (χ0n) is 11.6. The molecule has 22 heavy (non-hydrogen) atoms. The van der Waals surface area contributed by atoms with E-state index < -0.39 is 22.7 Å². The van der Waals surface area contributed by atoms with Crippen LogP contribution in [0.25, 0.3) is 0 Å². The van der Waals surface area contributed by atoms with Crippen molar-refractivity contribution in [1.82, 2.24) is 9.62 Å². The summed E-state index contributed by atoms with van der Waals surface area (Å²) in [7, 11) is -2.60. The van der Waals surface area contributed by atoms with Crippen molar-refractivity contribution in [2.75, 3.05) is 26.7 Å². The van der Waals surface area contributed by atoms with Crippen molar-refractivity contribution in [2.45, 2.75) is 17.5 Å². The summed E-state index contributed by atoms with van der Waals surface area (Å²) < 4.78 is 62.8. The summed E-state index contributed by atoms with van der Waals surface area (Å²) in [6.07, 6.45) is -4.06. The van der Waals surface area contributed by atoms with Gasteiger partial charge in [0.25, 0.3) is 0 Å². The van der Waals surface area contributed by atoms with Gasteiger partial charge in [-0.2, -0.15) is 13.2 Å². The topological polar surface area (TPSA) is 49.4 Å². The van der Waals surface area contributed by atoms with E-state index in [-0.39, 0.29) is 34.5 Å². The zero-order chi connectivity index (χ0) is 17.0. The summed E-state index contributed by atoms with van der Waals surface area (Å²) in [5.74, 6) is 0. The summed E-state index contributed by atoms with van der Waals surface area (Å²) >= 11 is 11.6. The number of alkyl halides is 3. The summed E-state index contributed by atoms with van der Waals surface area (Å²) in [6, 6.07) is 4.29. The van der Waals surface area contributed by atoms with Crippen molar-refractivity contribution >= 4 is 33.2 Å². The van der Waals surface area contributed by atoms with Gasteiger partial charge in [-0.1, -0.05) is 29.3 Å². The predicted octanol–water partition coefficient (Wildman–Crippen LogP) is 3.16. The van der Waals surface area contributed by atoms with E-state index in [1.165, 1.54) is 25.2 Å². The second kappa shape index (κ2) is 7.83. The molecule has 0 radical (unpaired) electrons. The molecule has 126 valence electrons. The van der Waals surface area contributed by atoms with Gasteiger partial charge in [-0.15, -0.1) is 0 Å². The van der Waals surface area contributed by atoms with Gasteiger partial charge in [-0.25, -0.2) is 13.1 Å². The van der Waals surface area contributed by atoms with Crippen LogP contribution >= 0.6 is 23.2 Å². The summed E-state index contributed by atoms with van der Waals surface area (Å²) in [4.78, 5) is 0.832. The number of nitrogens with one attached hydrogen (secondary N) is 1. The minimum Gasteiger partial charge on any atom is -0.298 e. The second-order valence-corrected chi connectivity index (χ2v) is 7.17. The molecule has 0 amide bonds. The highest BCUT2D eigenvalue weighted by Gasteiger charge is 2.29. The third-order valence-electron chi connectivity index (χ3n) is 2.65. The van der Waals surface area contributed by atoms with Crippen molar-refractivity contribution in [1.29, 1.82) is 0 Å². The molecule has 0 saturated heterocycles. The minimum absolute atomic E-state index is 0.0193. The molecule has 0 aliphatic carbocycles. The Hall–Kier alpha value is -0.540. The first-order valence-corrected chi connectivity index (χ1v) is 8.46. The first kappa shape index (κ1) is 19.5. The van der Waals surface area contributed by atoms with Gasteiger partial charge in [-0.05, 0) is 32.1 Å². The van der Waals surface area contributed by atoms with Crippen LogP contribution in [0.2, 0.25) is 10.0 Å². The quantitative estimate of drug-likeness (QED) is 0.741. The van der Waals surface area contributed by atoms with Crippen LogP contribution in [0.5, 0.6) is 0 Å². The van der Waals surface area contributed by atoms with E-state index in [1.54, 1.807) is 0 Å². The molecule has 0 aliphatic rings. The number of rotatable bonds is 7. The highest BCUT2D eigenvalue weighted by molar-refractivity contribution is 7.89. The summed E-state index contributed by atoms with van der Waals surface area (Å²) in [5, 5.41) is -0.0385. The van der Waals surface area contributed by atoms with Crippen molar-refractivity contribution < 1.29 is 21.6 Å². The Morgan fingerprint density at radius 3 is 2.27 bits per heavy atom. The fraction of sp³-hybridized carbons (Fsp3) is 0.500. The Morgan fingerprint density at radius 2 is 1.77 bits per heavy atom. The molecule has 1 aromatic carbocycles. The van der Waals surface area contributed by atoms with Crippen LogP contribution < -0.4 is 4.72 Å². The molecule has 0 spiro atoms. The van der Waals surface area contributed by atoms with E-state index in [0.717, 1.165) is 4.90 Å². The number of nitrogens with zero attached hydrogens (tertiary/aromatic N) is 1. The van der Waals surface area contributed by atoms with Gasteiger partial charge in [0.15, 0.2) is 0 Å². The van der Waals surface area contributed by atoms with Crippen LogP contribution in [0.4, 0.5) is 13.2 Å². The van der Waals surface area contributed by atoms with E-state index >= 15 is 0 Å². The lowest BCUT2D eigenvalue weighted by molar-refractivity contribution is -0.143. The van der Waals surface area contributed by atoms with Crippen molar-refractivity contribution in [3.63, 3.8) is 0 Å². The largest absolute Gasteiger partial charge is 0.401 e. The van der Waals surface area contributed by atoms with Crippen molar-refractivity contribution in [3.05, 3.63) is 28.2 Å². The lowest BCUT2D eigenvalue weighted by Gasteiger charge is -2.18. The number of hydrogen-bond donors (Lipinski definition) is 1. The molecule has 0 aliphatic heterocycles. The van der Waals surface area contributed by atoms with Crippen molar-refractivity contribution in [3.8, 4) is 0 Å². The molecule has 0 saturated carbocycles. The highest BCUT2D eigenvalue weighted by Crippen LogP contribution is 2.28. The average molecular weight is 379 g/mol. The van der Waals surface area contributed by atoms with E-state index in [1.807, 2.05) is 0 Å². The van der Waals surface area contributed by atoms with E-state index in [2.05, 4.69) is 4.72 Å². The summed E-state index contributed by atoms with van der Waals surface area (Å²) in [6.45, 7) is -0.972. The van der Waals surface area contributed by atoms with Gasteiger partial charge in [0, 0.05) is 6.54 Å². The molecule has 1 N–H and O–H groups in total. The maximum absolute atomic E-state index is 12.1. The number of halogens is 5. The Kier molecular flexibility index (Phi) is 6.94. The van der Waals surface area contributed by atoms with Crippen LogP contribution in [0.3, 0.4) is 0 Å². The molecule has 1 rings (SSSR count). The fourth-order valence-electron chi connectivity index (χ4n) is 1.75. The van der Waals surface area contributed by atoms with Gasteiger partial charge in [0.05, 0.1) is 16.6 Å². The Labute approximate surface area is 137 Å². The molecule has 0 bridgehead atoms. The molecule has 10 heteroatoms. The smallest absolute Gasteiger partial charge is 0.298 e. The monoisotopic (exact) mass is 378 g/mol. The van der Waals surface area contributed by atoms with Gasteiger partial charge in [0.2, 0.25) is 10.0 Å².